The van der Waals surface area contributed by atoms with Gasteiger partial charge in [0.1, 0.15) is 0 Å². The van der Waals surface area contributed by atoms with Gasteiger partial charge in [0.2, 0.25) is 0 Å². The first-order chi connectivity index (χ1) is 8.74. The first-order valence-electron chi connectivity index (χ1n) is 6.54. The maximum absolute atomic E-state index is 12.4. The number of likely N-dealkylation sites (N-methyl/N-ethyl adjacent to an activating group) is 1. The van der Waals surface area contributed by atoms with Crippen LogP contribution in [-0.2, 0) is 13.1 Å². The Morgan fingerprint density at radius 3 is 2.61 bits per heavy atom. The summed E-state index contributed by atoms with van der Waals surface area (Å²) in [4.78, 5) is 16.6. The number of carbonyl (C=O) groups is 1. The van der Waals surface area contributed by atoms with Crippen LogP contribution in [0.1, 0.15) is 21.5 Å². The van der Waals surface area contributed by atoms with Gasteiger partial charge in [0.15, 0.2) is 0 Å². The number of rotatable bonds is 1. The van der Waals surface area contributed by atoms with Crippen LogP contribution in [0.25, 0.3) is 0 Å². The monoisotopic (exact) mass is 245 g/mol. The maximum atomic E-state index is 12.4. The van der Waals surface area contributed by atoms with Gasteiger partial charge in [0.05, 0.1) is 0 Å². The van der Waals surface area contributed by atoms with Gasteiger partial charge in [-0.3, -0.25) is 4.79 Å². The quantitative estimate of drug-likeness (QED) is 0.790. The van der Waals surface area contributed by atoms with Gasteiger partial charge in [-0.05, 0) is 30.3 Å². The Morgan fingerprint density at radius 1 is 1.11 bits per heavy atom. The molecule has 0 saturated carbocycles. The summed E-state index contributed by atoms with van der Waals surface area (Å²) < 4.78 is 0. The molecule has 1 aromatic carbocycles. The number of nitrogens with one attached hydrogen (secondary N) is 1. The van der Waals surface area contributed by atoms with Gasteiger partial charge in [0.25, 0.3) is 5.91 Å². The predicted octanol–water partition coefficient (Wildman–Crippen LogP) is 0.677. The van der Waals surface area contributed by atoms with Crippen molar-refractivity contribution >= 4 is 5.91 Å². The van der Waals surface area contributed by atoms with Gasteiger partial charge in [-0.2, -0.15) is 0 Å². The lowest BCUT2D eigenvalue weighted by Gasteiger charge is -2.32. The lowest BCUT2D eigenvalue weighted by atomic mass is 10.1. The van der Waals surface area contributed by atoms with Gasteiger partial charge in [-0.1, -0.05) is 6.07 Å². The Labute approximate surface area is 108 Å². The number of piperazine rings is 1. The summed E-state index contributed by atoms with van der Waals surface area (Å²) in [6, 6.07) is 6.10. The van der Waals surface area contributed by atoms with Crippen molar-refractivity contribution in [3.05, 3.63) is 34.9 Å². The Morgan fingerprint density at radius 2 is 1.83 bits per heavy atom. The zero-order valence-electron chi connectivity index (χ0n) is 10.8. The molecule has 1 fully saturated rings. The fourth-order valence-corrected chi connectivity index (χ4v) is 2.62. The first kappa shape index (κ1) is 11.7. The van der Waals surface area contributed by atoms with Crippen molar-refractivity contribution < 1.29 is 4.79 Å². The molecule has 0 spiro atoms. The van der Waals surface area contributed by atoms with Gasteiger partial charge < -0.3 is 15.1 Å². The number of carbonyl (C=O) groups excluding carboxylic acids is 1. The average Bonchev–Trinajstić information content (AvgIpc) is 2.86. The van der Waals surface area contributed by atoms with Crippen LogP contribution < -0.4 is 5.32 Å². The first-order valence-corrected chi connectivity index (χ1v) is 6.54. The van der Waals surface area contributed by atoms with Crippen molar-refractivity contribution in [1.82, 2.24) is 15.1 Å². The van der Waals surface area contributed by atoms with Crippen LogP contribution >= 0.6 is 0 Å². The number of nitrogens with zero attached hydrogens (tertiary/aromatic N) is 2. The summed E-state index contributed by atoms with van der Waals surface area (Å²) >= 11 is 0. The van der Waals surface area contributed by atoms with Crippen LogP contribution in [-0.4, -0.2) is 48.9 Å². The van der Waals surface area contributed by atoms with E-state index in [1.165, 1.54) is 11.1 Å². The van der Waals surface area contributed by atoms with E-state index >= 15 is 0 Å². The molecule has 0 aromatic heterocycles. The molecule has 0 unspecified atom stereocenters. The van der Waals surface area contributed by atoms with Gasteiger partial charge in [-0.15, -0.1) is 0 Å². The summed E-state index contributed by atoms with van der Waals surface area (Å²) in [6.45, 7) is 5.43. The second-order valence-electron chi connectivity index (χ2n) is 5.18. The lowest BCUT2D eigenvalue weighted by Crippen LogP contribution is -2.47. The Balaban J connectivity index is 1.76. The van der Waals surface area contributed by atoms with E-state index < -0.39 is 0 Å². The molecule has 0 aliphatic carbocycles. The Kier molecular flexibility index (Phi) is 3.06. The highest BCUT2D eigenvalue weighted by atomic mass is 16.2. The lowest BCUT2D eigenvalue weighted by molar-refractivity contribution is 0.0664. The maximum Gasteiger partial charge on any atom is 0.253 e. The highest BCUT2D eigenvalue weighted by molar-refractivity contribution is 5.94. The standard InChI is InChI=1S/C14H19N3O/c1-16-4-6-17(7-5-16)14(18)11-2-3-12-9-15-10-13(12)8-11/h2-3,8,15H,4-7,9-10H2,1H3. The third-order valence-electron chi connectivity index (χ3n) is 3.87. The van der Waals surface area contributed by atoms with Crippen LogP contribution in [0.5, 0.6) is 0 Å². The van der Waals surface area contributed by atoms with Crippen molar-refractivity contribution in [3.8, 4) is 0 Å². The van der Waals surface area contributed by atoms with Crippen LogP contribution in [0.3, 0.4) is 0 Å². The largest absolute Gasteiger partial charge is 0.336 e. The second-order valence-corrected chi connectivity index (χ2v) is 5.18. The third kappa shape index (κ3) is 2.13. The van der Waals surface area contributed by atoms with E-state index in [4.69, 9.17) is 0 Å². The molecule has 1 N–H and O–H groups in total. The van der Waals surface area contributed by atoms with Gasteiger partial charge in [0, 0.05) is 44.8 Å². The molecule has 18 heavy (non-hydrogen) atoms. The van der Waals surface area contributed by atoms with Crippen LogP contribution in [0.2, 0.25) is 0 Å². The average molecular weight is 245 g/mol. The molecule has 2 aliphatic rings. The van der Waals surface area contributed by atoms with E-state index in [1.807, 2.05) is 11.0 Å². The van der Waals surface area contributed by atoms with E-state index in [9.17, 15) is 4.79 Å². The van der Waals surface area contributed by atoms with Gasteiger partial charge >= 0.3 is 0 Å². The second kappa shape index (κ2) is 4.71. The summed E-state index contributed by atoms with van der Waals surface area (Å²) in [5, 5.41) is 3.31. The third-order valence-corrected chi connectivity index (χ3v) is 3.87. The molecule has 4 nitrogen and oxygen atoms in total. The molecule has 0 bridgehead atoms. The van der Waals surface area contributed by atoms with Crippen molar-refractivity contribution in [1.29, 1.82) is 0 Å². The molecule has 2 heterocycles. The normalized spacial score (nSPS) is 19.9. The molecule has 3 rings (SSSR count). The topological polar surface area (TPSA) is 35.6 Å². The zero-order valence-corrected chi connectivity index (χ0v) is 10.8. The van der Waals surface area contributed by atoms with Crippen molar-refractivity contribution in [2.75, 3.05) is 33.2 Å². The molecule has 0 radical (unpaired) electrons. The Hall–Kier alpha value is -1.39. The van der Waals surface area contributed by atoms with Crippen LogP contribution in [0.15, 0.2) is 18.2 Å². The fraction of sp³-hybridized carbons (Fsp3) is 0.500. The van der Waals surface area contributed by atoms with E-state index in [2.05, 4.69) is 29.4 Å². The number of hydrogen-bond acceptors (Lipinski definition) is 3. The molecule has 4 heteroatoms. The molecule has 1 amide bonds. The number of amides is 1. The molecule has 1 aromatic rings. The molecule has 0 atom stereocenters. The smallest absolute Gasteiger partial charge is 0.253 e. The number of benzene rings is 1. The summed E-state index contributed by atoms with van der Waals surface area (Å²) in [7, 11) is 2.10. The van der Waals surface area contributed by atoms with E-state index in [1.54, 1.807) is 0 Å². The minimum absolute atomic E-state index is 0.179. The van der Waals surface area contributed by atoms with Crippen molar-refractivity contribution in [2.24, 2.45) is 0 Å². The highest BCUT2D eigenvalue weighted by Gasteiger charge is 2.21. The summed E-state index contributed by atoms with van der Waals surface area (Å²) in [5.74, 6) is 0.179. The molecule has 96 valence electrons. The van der Waals surface area contributed by atoms with E-state index in [0.717, 1.165) is 44.8 Å². The minimum Gasteiger partial charge on any atom is -0.336 e. The molecule has 2 aliphatic heterocycles. The summed E-state index contributed by atoms with van der Waals surface area (Å²) in [6.07, 6.45) is 0. The van der Waals surface area contributed by atoms with Crippen LogP contribution in [0.4, 0.5) is 0 Å². The Bertz CT molecular complexity index is 464. The van der Waals surface area contributed by atoms with Crippen molar-refractivity contribution in [2.45, 2.75) is 13.1 Å². The van der Waals surface area contributed by atoms with Gasteiger partial charge in [-0.25, -0.2) is 0 Å². The highest BCUT2D eigenvalue weighted by Crippen LogP contribution is 2.18. The predicted molar refractivity (Wildman–Crippen MR) is 70.4 cm³/mol. The minimum atomic E-state index is 0.179. The molecule has 1 saturated heterocycles. The zero-order chi connectivity index (χ0) is 12.5. The van der Waals surface area contributed by atoms with E-state index in [-0.39, 0.29) is 5.91 Å². The molecular formula is C14H19N3O. The summed E-state index contributed by atoms with van der Waals surface area (Å²) in [5.41, 5.74) is 3.43. The molecular weight excluding hydrogens is 226 g/mol. The van der Waals surface area contributed by atoms with E-state index in [0.29, 0.717) is 0 Å². The van der Waals surface area contributed by atoms with Crippen LogP contribution in [0, 0.1) is 0 Å². The fourth-order valence-electron chi connectivity index (χ4n) is 2.62. The SMILES string of the molecule is CN1CCN(C(=O)c2ccc3c(c2)CNC3)CC1. The number of fused-ring (bicyclic) bond motifs is 1. The number of hydrogen-bond donors (Lipinski definition) is 1. The van der Waals surface area contributed by atoms with Crippen molar-refractivity contribution in [3.63, 3.8) is 0 Å².